The lowest BCUT2D eigenvalue weighted by atomic mass is 10.3. The van der Waals surface area contributed by atoms with Crippen LogP contribution in [-0.4, -0.2) is 17.1 Å². The van der Waals surface area contributed by atoms with Crippen molar-refractivity contribution in [3.63, 3.8) is 0 Å². The number of hydrogen-bond donors (Lipinski definition) is 1. The number of aromatic nitrogens is 1. The molecule has 5 heteroatoms. The summed E-state index contributed by atoms with van der Waals surface area (Å²) in [5.74, 6) is -0.354. The number of nitrogen functional groups attached to an aromatic ring is 1. The van der Waals surface area contributed by atoms with E-state index in [-0.39, 0.29) is 18.4 Å². The lowest BCUT2D eigenvalue weighted by molar-refractivity contribution is 0.0527. The molecule has 0 amide bonds. The Balaban J connectivity index is 0.00000169. The fourth-order valence-electron chi connectivity index (χ4n) is 1.09. The Hall–Kier alpha value is -1.16. The smallest absolute Gasteiger partial charge is 0.341 e. The summed E-state index contributed by atoms with van der Waals surface area (Å²) in [6.07, 6.45) is 3.43. The molecule has 14 heavy (non-hydrogen) atoms. The highest BCUT2D eigenvalue weighted by Gasteiger charge is 2.12. The van der Waals surface area contributed by atoms with Gasteiger partial charge in [-0.05, 0) is 13.8 Å². The van der Waals surface area contributed by atoms with Crippen LogP contribution in [0.3, 0.4) is 0 Å². The fraction of sp³-hybridized carbons (Fsp3) is 0.444. The lowest BCUT2D eigenvalue weighted by Crippen LogP contribution is -2.05. The summed E-state index contributed by atoms with van der Waals surface area (Å²) < 4.78 is 6.68. The van der Waals surface area contributed by atoms with E-state index < -0.39 is 0 Å². The van der Waals surface area contributed by atoms with Gasteiger partial charge in [-0.2, -0.15) is 0 Å². The zero-order chi connectivity index (χ0) is 9.84. The lowest BCUT2D eigenvalue weighted by Gasteiger charge is -1.98. The molecule has 1 aromatic heterocycles. The second kappa shape index (κ2) is 5.54. The van der Waals surface area contributed by atoms with Crippen molar-refractivity contribution in [2.75, 3.05) is 12.3 Å². The monoisotopic (exact) mass is 218 g/mol. The number of carbonyl (C=O) groups excluding carboxylic acids is 1. The highest BCUT2D eigenvalue weighted by Crippen LogP contribution is 2.13. The fourth-order valence-corrected chi connectivity index (χ4v) is 1.09. The molecule has 0 saturated heterocycles. The van der Waals surface area contributed by atoms with Crippen LogP contribution < -0.4 is 5.73 Å². The Morgan fingerprint density at radius 3 is 2.57 bits per heavy atom. The van der Waals surface area contributed by atoms with Gasteiger partial charge in [0.15, 0.2) is 0 Å². The van der Waals surface area contributed by atoms with Crippen molar-refractivity contribution in [2.45, 2.75) is 20.4 Å². The molecule has 1 aromatic rings. The third-order valence-corrected chi connectivity index (χ3v) is 1.77. The SMILES string of the molecule is CCOC(=O)c1cn(CC)cc1N.Cl. The molecule has 0 aromatic carbocycles. The second-order valence-electron chi connectivity index (χ2n) is 2.68. The van der Waals surface area contributed by atoms with Crippen molar-refractivity contribution in [3.05, 3.63) is 18.0 Å². The maximum atomic E-state index is 11.3. The van der Waals surface area contributed by atoms with Gasteiger partial charge in [-0.15, -0.1) is 12.4 Å². The summed E-state index contributed by atoms with van der Waals surface area (Å²) in [7, 11) is 0. The average Bonchev–Trinajstić information content (AvgIpc) is 2.47. The molecule has 80 valence electrons. The van der Waals surface area contributed by atoms with E-state index in [0.29, 0.717) is 17.9 Å². The highest BCUT2D eigenvalue weighted by molar-refractivity contribution is 5.94. The maximum Gasteiger partial charge on any atom is 0.341 e. The molecule has 0 bridgehead atoms. The van der Waals surface area contributed by atoms with E-state index in [0.717, 1.165) is 6.54 Å². The van der Waals surface area contributed by atoms with E-state index in [9.17, 15) is 4.79 Å². The third kappa shape index (κ3) is 2.67. The summed E-state index contributed by atoms with van der Waals surface area (Å²) in [5, 5.41) is 0. The predicted octanol–water partition coefficient (Wildman–Crippen LogP) is 1.69. The standard InChI is InChI=1S/C9H14N2O2.ClH/c1-3-11-5-7(8(10)6-11)9(12)13-4-2;/h5-6H,3-4,10H2,1-2H3;1H. The number of ether oxygens (including phenoxy) is 1. The molecule has 0 unspecified atom stereocenters. The van der Waals surface area contributed by atoms with Gasteiger partial charge in [0.25, 0.3) is 0 Å². The minimum absolute atomic E-state index is 0. The van der Waals surface area contributed by atoms with Crippen LogP contribution in [0.1, 0.15) is 24.2 Å². The summed E-state index contributed by atoms with van der Waals surface area (Å²) in [6, 6.07) is 0. The maximum absolute atomic E-state index is 11.3. The van der Waals surface area contributed by atoms with Crippen molar-refractivity contribution < 1.29 is 9.53 Å². The topological polar surface area (TPSA) is 57.2 Å². The summed E-state index contributed by atoms with van der Waals surface area (Å²) >= 11 is 0. The van der Waals surface area contributed by atoms with Gasteiger partial charge in [0.1, 0.15) is 5.56 Å². The number of aryl methyl sites for hydroxylation is 1. The van der Waals surface area contributed by atoms with Crippen molar-refractivity contribution in [3.8, 4) is 0 Å². The molecule has 0 spiro atoms. The van der Waals surface area contributed by atoms with Gasteiger partial charge in [-0.1, -0.05) is 0 Å². The minimum Gasteiger partial charge on any atom is -0.462 e. The first-order valence-electron chi connectivity index (χ1n) is 4.31. The Morgan fingerprint density at radius 2 is 2.14 bits per heavy atom. The normalized spacial score (nSPS) is 9.29. The Bertz CT molecular complexity index is 310. The quantitative estimate of drug-likeness (QED) is 0.786. The van der Waals surface area contributed by atoms with Gasteiger partial charge >= 0.3 is 5.97 Å². The molecule has 0 atom stereocenters. The molecular formula is C9H15ClN2O2. The number of nitrogens with two attached hydrogens (primary N) is 1. The molecule has 0 aliphatic heterocycles. The zero-order valence-corrected chi connectivity index (χ0v) is 9.13. The van der Waals surface area contributed by atoms with Crippen LogP contribution in [0.5, 0.6) is 0 Å². The van der Waals surface area contributed by atoms with E-state index >= 15 is 0 Å². The first-order valence-corrected chi connectivity index (χ1v) is 4.31. The average molecular weight is 219 g/mol. The van der Waals surface area contributed by atoms with Crippen LogP contribution >= 0.6 is 12.4 Å². The first kappa shape index (κ1) is 12.8. The molecule has 4 nitrogen and oxygen atoms in total. The van der Waals surface area contributed by atoms with Gasteiger partial charge in [-0.3, -0.25) is 0 Å². The summed E-state index contributed by atoms with van der Waals surface area (Å²) in [6.45, 7) is 4.92. The minimum atomic E-state index is -0.354. The van der Waals surface area contributed by atoms with E-state index in [1.165, 1.54) is 0 Å². The molecular weight excluding hydrogens is 204 g/mol. The largest absolute Gasteiger partial charge is 0.462 e. The van der Waals surface area contributed by atoms with E-state index in [4.69, 9.17) is 10.5 Å². The van der Waals surface area contributed by atoms with Crippen molar-refractivity contribution in [1.82, 2.24) is 4.57 Å². The molecule has 0 aliphatic rings. The Morgan fingerprint density at radius 1 is 1.50 bits per heavy atom. The van der Waals surface area contributed by atoms with Gasteiger partial charge in [0.2, 0.25) is 0 Å². The molecule has 1 heterocycles. The molecule has 0 radical (unpaired) electrons. The number of rotatable bonds is 3. The molecule has 0 aliphatic carbocycles. The Labute approximate surface area is 89.4 Å². The number of hydrogen-bond acceptors (Lipinski definition) is 3. The van der Waals surface area contributed by atoms with E-state index in [2.05, 4.69) is 0 Å². The zero-order valence-electron chi connectivity index (χ0n) is 8.32. The predicted molar refractivity (Wildman–Crippen MR) is 57.7 cm³/mol. The summed E-state index contributed by atoms with van der Waals surface area (Å²) in [5.41, 5.74) is 6.55. The molecule has 0 saturated carbocycles. The van der Waals surface area contributed by atoms with Crippen LogP contribution in [0.4, 0.5) is 5.69 Å². The van der Waals surface area contributed by atoms with Crippen LogP contribution in [0, 0.1) is 0 Å². The summed E-state index contributed by atoms with van der Waals surface area (Å²) in [4.78, 5) is 11.3. The number of anilines is 1. The van der Waals surface area contributed by atoms with E-state index in [1.54, 1.807) is 19.3 Å². The number of carbonyl (C=O) groups is 1. The van der Waals surface area contributed by atoms with Crippen molar-refractivity contribution in [1.29, 1.82) is 0 Å². The van der Waals surface area contributed by atoms with Gasteiger partial charge < -0.3 is 15.0 Å². The number of esters is 1. The van der Waals surface area contributed by atoms with Crippen molar-refractivity contribution in [2.24, 2.45) is 0 Å². The second-order valence-corrected chi connectivity index (χ2v) is 2.68. The van der Waals surface area contributed by atoms with Gasteiger partial charge in [-0.25, -0.2) is 4.79 Å². The van der Waals surface area contributed by atoms with Crippen molar-refractivity contribution >= 4 is 24.1 Å². The number of nitrogens with zero attached hydrogens (tertiary/aromatic N) is 1. The Kier molecular flexibility index (Phi) is 5.09. The molecule has 2 N–H and O–H groups in total. The van der Waals surface area contributed by atoms with Gasteiger partial charge in [0.05, 0.1) is 12.3 Å². The van der Waals surface area contributed by atoms with E-state index in [1.807, 2.05) is 11.5 Å². The third-order valence-electron chi connectivity index (χ3n) is 1.77. The van der Waals surface area contributed by atoms with Crippen LogP contribution in [-0.2, 0) is 11.3 Å². The first-order chi connectivity index (χ1) is 6.19. The van der Waals surface area contributed by atoms with Gasteiger partial charge in [0, 0.05) is 18.9 Å². The number of halogens is 1. The highest BCUT2D eigenvalue weighted by atomic mass is 35.5. The van der Waals surface area contributed by atoms with Crippen LogP contribution in [0.15, 0.2) is 12.4 Å². The molecule has 1 rings (SSSR count). The van der Waals surface area contributed by atoms with Crippen LogP contribution in [0.2, 0.25) is 0 Å². The molecule has 0 fully saturated rings. The van der Waals surface area contributed by atoms with Crippen LogP contribution in [0.25, 0.3) is 0 Å².